The third-order valence-electron chi connectivity index (χ3n) is 9.64. The fraction of sp³-hybridized carbons (Fsp3) is 0.767. The zero-order valence-corrected chi connectivity index (χ0v) is 25.8. The van der Waals surface area contributed by atoms with Gasteiger partial charge in [0.05, 0.1) is 17.1 Å². The molecule has 2 aliphatic carbocycles. The van der Waals surface area contributed by atoms with Crippen molar-refractivity contribution in [2.24, 2.45) is 11.3 Å². The highest BCUT2D eigenvalue weighted by atomic mass is 16.7. The second-order valence-corrected chi connectivity index (χ2v) is 12.7. The quantitative estimate of drug-likeness (QED) is 0.191. The number of aliphatic hydroxyl groups is 2. The smallest absolute Gasteiger partial charge is 0.342 e. The lowest BCUT2D eigenvalue weighted by molar-refractivity contribution is -0.275. The maximum Gasteiger partial charge on any atom is 0.342 e. The van der Waals surface area contributed by atoms with Gasteiger partial charge >= 0.3 is 29.8 Å². The highest BCUT2D eigenvalue weighted by Gasteiger charge is 2.88. The van der Waals surface area contributed by atoms with E-state index in [2.05, 4.69) is 0 Å². The van der Waals surface area contributed by atoms with E-state index in [4.69, 9.17) is 28.4 Å². The fourth-order valence-corrected chi connectivity index (χ4v) is 7.46. The average Bonchev–Trinajstić information content (AvgIpc) is 3.46. The van der Waals surface area contributed by atoms with Crippen molar-refractivity contribution in [1.29, 1.82) is 0 Å². The van der Waals surface area contributed by atoms with Gasteiger partial charge < -0.3 is 38.6 Å². The molecular formula is C30H42O13. The minimum Gasteiger partial charge on any atom is -0.462 e. The van der Waals surface area contributed by atoms with Crippen LogP contribution >= 0.6 is 0 Å². The van der Waals surface area contributed by atoms with Gasteiger partial charge in [-0.05, 0) is 38.8 Å². The zero-order chi connectivity index (χ0) is 32.3. The van der Waals surface area contributed by atoms with Gasteiger partial charge in [0.2, 0.25) is 0 Å². The van der Waals surface area contributed by atoms with Gasteiger partial charge in [0.25, 0.3) is 0 Å². The first-order valence-corrected chi connectivity index (χ1v) is 14.6. The standard InChI is InChI=1S/C30H42O13/c1-9-10-23(35)41-18-12-20(38-15(3)31)27(6)21(39-16(4)32)13-19(34)28(7,37)24(27)25(40-17(5)33)30-22(11-14(18)2)42-26(36)29(30,8)43-30/h11,18-22,24-25,34,37H,9-10,12-13H2,1-8H3/t18-,19+,20+,21+,22+,24-,25+,27+,28-,29+,30+/m1/s1. The molecule has 2 heterocycles. The summed E-state index contributed by atoms with van der Waals surface area (Å²) in [7, 11) is 0. The molecule has 0 radical (unpaired) electrons. The molecule has 0 aromatic carbocycles. The predicted octanol–water partition coefficient (Wildman–Crippen LogP) is 1.43. The first kappa shape index (κ1) is 32.9. The number of hydrogen-bond acceptors (Lipinski definition) is 13. The lowest BCUT2D eigenvalue weighted by Gasteiger charge is -2.59. The van der Waals surface area contributed by atoms with Gasteiger partial charge in [-0.3, -0.25) is 19.2 Å². The molecular weight excluding hydrogens is 568 g/mol. The van der Waals surface area contributed by atoms with Gasteiger partial charge in [-0.1, -0.05) is 13.8 Å². The molecule has 13 heteroatoms. The maximum absolute atomic E-state index is 13.2. The van der Waals surface area contributed by atoms with Gasteiger partial charge in [-0.25, -0.2) is 4.79 Å². The minimum absolute atomic E-state index is 0.108. The van der Waals surface area contributed by atoms with E-state index in [0.29, 0.717) is 12.0 Å². The molecule has 4 rings (SSSR count). The van der Waals surface area contributed by atoms with Gasteiger partial charge in [0.15, 0.2) is 17.3 Å². The van der Waals surface area contributed by atoms with Crippen LogP contribution in [0, 0.1) is 11.3 Å². The molecule has 0 amide bonds. The molecule has 1 saturated carbocycles. The van der Waals surface area contributed by atoms with Crippen molar-refractivity contribution in [3.8, 4) is 0 Å². The Labute approximate surface area is 250 Å². The van der Waals surface area contributed by atoms with E-state index in [1.54, 1.807) is 19.9 Å². The Bertz CT molecular complexity index is 1220. The molecule has 1 spiro atoms. The SMILES string of the molecule is CCCC(=O)O[C@@H]1C[C@H](OC(C)=O)[C@@]2(C)[C@@H](OC(C)=O)C[C@H](O)[C@@](C)(O)[C@@H]2[C@H](OC(C)=O)[C@]23O[C@@]2(C)C(=O)O[C@H]3C=C1C. The Morgan fingerprint density at radius 3 is 2.02 bits per heavy atom. The summed E-state index contributed by atoms with van der Waals surface area (Å²) >= 11 is 0. The molecule has 0 aromatic heterocycles. The summed E-state index contributed by atoms with van der Waals surface area (Å²) in [6.45, 7) is 11.3. The summed E-state index contributed by atoms with van der Waals surface area (Å²) in [6.07, 6.45) is -5.91. The molecule has 4 aliphatic rings. The number of carbonyl (C=O) groups excluding carboxylic acids is 5. The second-order valence-electron chi connectivity index (χ2n) is 12.7. The van der Waals surface area contributed by atoms with E-state index in [1.165, 1.54) is 27.7 Å². The number of carbonyl (C=O) groups is 5. The summed E-state index contributed by atoms with van der Waals surface area (Å²) < 4.78 is 35.3. The highest BCUT2D eigenvalue weighted by Crippen LogP contribution is 2.66. The highest BCUT2D eigenvalue weighted by molar-refractivity contribution is 5.89. The Balaban J connectivity index is 2.06. The summed E-state index contributed by atoms with van der Waals surface area (Å²) in [5.41, 5.74) is -6.61. The molecule has 13 nitrogen and oxygen atoms in total. The lowest BCUT2D eigenvalue weighted by Crippen LogP contribution is -2.72. The predicted molar refractivity (Wildman–Crippen MR) is 145 cm³/mol. The number of epoxide rings is 1. The average molecular weight is 611 g/mol. The molecule has 240 valence electrons. The van der Waals surface area contributed by atoms with Crippen molar-refractivity contribution in [2.45, 2.75) is 135 Å². The van der Waals surface area contributed by atoms with Crippen molar-refractivity contribution < 1.29 is 62.6 Å². The van der Waals surface area contributed by atoms with Crippen LogP contribution in [0.1, 0.15) is 81.1 Å². The van der Waals surface area contributed by atoms with Gasteiger partial charge in [-0.2, -0.15) is 0 Å². The van der Waals surface area contributed by atoms with Crippen LogP contribution in [0.2, 0.25) is 0 Å². The molecule has 11 atom stereocenters. The van der Waals surface area contributed by atoms with Gasteiger partial charge in [-0.15, -0.1) is 0 Å². The Morgan fingerprint density at radius 2 is 1.51 bits per heavy atom. The van der Waals surface area contributed by atoms with E-state index >= 15 is 0 Å². The lowest BCUT2D eigenvalue weighted by atomic mass is 9.51. The van der Waals surface area contributed by atoms with Crippen LogP contribution in [0.15, 0.2) is 11.6 Å². The molecule has 3 fully saturated rings. The fourth-order valence-electron chi connectivity index (χ4n) is 7.46. The van der Waals surface area contributed by atoms with Crippen molar-refractivity contribution in [3.63, 3.8) is 0 Å². The van der Waals surface area contributed by atoms with Crippen LogP contribution < -0.4 is 0 Å². The normalized spacial score (nSPS) is 43.4. The number of fused-ring (bicyclic) bond motifs is 1. The Hall–Kier alpha value is -3.03. The second kappa shape index (κ2) is 11.2. The molecule has 2 saturated heterocycles. The number of aliphatic hydroxyl groups excluding tert-OH is 1. The number of esters is 5. The number of ether oxygens (including phenoxy) is 6. The molecule has 0 aromatic rings. The molecule has 2 N–H and O–H groups in total. The van der Waals surface area contributed by atoms with E-state index < -0.39 is 94.6 Å². The largest absolute Gasteiger partial charge is 0.462 e. The molecule has 43 heavy (non-hydrogen) atoms. The Kier molecular flexibility index (Phi) is 8.53. The zero-order valence-electron chi connectivity index (χ0n) is 25.8. The first-order chi connectivity index (χ1) is 19.9. The van der Waals surface area contributed by atoms with Crippen molar-refractivity contribution >= 4 is 29.8 Å². The van der Waals surface area contributed by atoms with E-state index in [1.807, 2.05) is 6.92 Å². The van der Waals surface area contributed by atoms with E-state index in [0.717, 1.165) is 6.92 Å². The van der Waals surface area contributed by atoms with Crippen LogP contribution in [0.3, 0.4) is 0 Å². The molecule has 0 bridgehead atoms. The molecule has 2 aliphatic heterocycles. The maximum atomic E-state index is 13.2. The van der Waals surface area contributed by atoms with Crippen molar-refractivity contribution in [1.82, 2.24) is 0 Å². The van der Waals surface area contributed by atoms with Crippen LogP contribution in [-0.4, -0.2) is 93.5 Å². The van der Waals surface area contributed by atoms with Crippen LogP contribution in [0.4, 0.5) is 0 Å². The number of rotatable bonds is 6. The third-order valence-corrected chi connectivity index (χ3v) is 9.64. The monoisotopic (exact) mass is 610 g/mol. The summed E-state index contributed by atoms with van der Waals surface area (Å²) in [4.78, 5) is 63.7. The van der Waals surface area contributed by atoms with E-state index in [9.17, 15) is 34.2 Å². The van der Waals surface area contributed by atoms with Crippen LogP contribution in [-0.2, 0) is 52.4 Å². The number of hydrogen-bond donors (Lipinski definition) is 2. The minimum atomic E-state index is -2.09. The van der Waals surface area contributed by atoms with Gasteiger partial charge in [0, 0.05) is 46.0 Å². The van der Waals surface area contributed by atoms with Gasteiger partial charge in [0.1, 0.15) is 24.4 Å². The van der Waals surface area contributed by atoms with Crippen LogP contribution in [0.5, 0.6) is 0 Å². The third kappa shape index (κ3) is 5.22. The Morgan fingerprint density at radius 1 is 0.953 bits per heavy atom. The first-order valence-electron chi connectivity index (χ1n) is 14.6. The molecule has 0 unspecified atom stereocenters. The summed E-state index contributed by atoms with van der Waals surface area (Å²) in [5.74, 6) is -4.88. The van der Waals surface area contributed by atoms with Crippen LogP contribution in [0.25, 0.3) is 0 Å². The van der Waals surface area contributed by atoms with Crippen molar-refractivity contribution in [3.05, 3.63) is 11.6 Å². The van der Waals surface area contributed by atoms with Crippen molar-refractivity contribution in [2.75, 3.05) is 0 Å². The topological polar surface area (TPSA) is 184 Å². The summed E-state index contributed by atoms with van der Waals surface area (Å²) in [6, 6.07) is 0. The summed E-state index contributed by atoms with van der Waals surface area (Å²) in [5, 5.41) is 23.4. The van der Waals surface area contributed by atoms with E-state index in [-0.39, 0.29) is 19.3 Å².